The van der Waals surface area contributed by atoms with Crippen LogP contribution < -0.4 is 10.6 Å². The molecule has 1 atom stereocenters. The summed E-state index contributed by atoms with van der Waals surface area (Å²) in [5.74, 6) is -0.848. The molecule has 5 nitrogen and oxygen atoms in total. The highest BCUT2D eigenvalue weighted by atomic mass is 16.4. The Kier molecular flexibility index (Phi) is 6.88. The second-order valence-corrected chi connectivity index (χ2v) is 5.35. The summed E-state index contributed by atoms with van der Waals surface area (Å²) >= 11 is 0. The van der Waals surface area contributed by atoms with Gasteiger partial charge in [-0.15, -0.1) is 0 Å². The van der Waals surface area contributed by atoms with Gasteiger partial charge < -0.3 is 10.4 Å². The third-order valence-electron chi connectivity index (χ3n) is 3.24. The van der Waals surface area contributed by atoms with Crippen LogP contribution in [0.15, 0.2) is 24.3 Å². The van der Waals surface area contributed by atoms with E-state index in [-0.39, 0.29) is 12.5 Å². The van der Waals surface area contributed by atoms with Crippen molar-refractivity contribution in [3.63, 3.8) is 0 Å². The van der Waals surface area contributed by atoms with Gasteiger partial charge in [0, 0.05) is 5.69 Å². The maximum atomic E-state index is 12.0. The van der Waals surface area contributed by atoms with Crippen LogP contribution in [-0.4, -0.2) is 29.6 Å². The minimum Gasteiger partial charge on any atom is -0.480 e. The number of nitrogens with one attached hydrogen (secondary N) is 2. The van der Waals surface area contributed by atoms with Crippen molar-refractivity contribution in [3.8, 4) is 0 Å². The molecule has 0 aliphatic rings. The average molecular weight is 292 g/mol. The summed E-state index contributed by atoms with van der Waals surface area (Å²) in [5, 5.41) is 14.6. The number of carbonyl (C=O) groups is 2. The molecule has 0 saturated heterocycles. The first kappa shape index (κ1) is 17.2. The van der Waals surface area contributed by atoms with E-state index in [9.17, 15) is 9.59 Å². The molecular weight excluding hydrogens is 268 g/mol. The minimum atomic E-state index is -0.924. The largest absolute Gasteiger partial charge is 0.480 e. The van der Waals surface area contributed by atoms with Crippen LogP contribution in [0.5, 0.6) is 0 Å². The van der Waals surface area contributed by atoms with Gasteiger partial charge in [-0.3, -0.25) is 14.9 Å². The molecule has 1 aromatic carbocycles. The Morgan fingerprint density at radius 2 is 1.90 bits per heavy atom. The van der Waals surface area contributed by atoms with Crippen LogP contribution in [0, 0.1) is 0 Å². The number of hydrogen-bond donors (Lipinski definition) is 3. The van der Waals surface area contributed by atoms with Crippen LogP contribution in [0.4, 0.5) is 5.69 Å². The molecule has 21 heavy (non-hydrogen) atoms. The second kappa shape index (κ2) is 8.42. The minimum absolute atomic E-state index is 0.0105. The van der Waals surface area contributed by atoms with Crippen LogP contribution in [-0.2, 0) is 9.59 Å². The van der Waals surface area contributed by atoms with Crippen LogP contribution in [0.2, 0.25) is 0 Å². The molecule has 0 fully saturated rings. The monoisotopic (exact) mass is 292 g/mol. The number of aliphatic carboxylic acids is 1. The van der Waals surface area contributed by atoms with Crippen molar-refractivity contribution in [3.05, 3.63) is 29.8 Å². The number of benzene rings is 1. The Labute approximate surface area is 125 Å². The third kappa shape index (κ3) is 5.55. The van der Waals surface area contributed by atoms with Gasteiger partial charge in [-0.2, -0.15) is 0 Å². The fourth-order valence-electron chi connectivity index (χ4n) is 2.13. The molecule has 3 N–H and O–H groups in total. The van der Waals surface area contributed by atoms with Crippen LogP contribution in [0.3, 0.4) is 0 Å². The molecule has 116 valence electrons. The van der Waals surface area contributed by atoms with Crippen molar-refractivity contribution in [2.24, 2.45) is 0 Å². The number of rotatable bonds is 8. The van der Waals surface area contributed by atoms with Gasteiger partial charge in [0.25, 0.3) is 0 Å². The number of carbonyl (C=O) groups excluding carboxylic acids is 1. The topological polar surface area (TPSA) is 78.4 Å². The first-order valence-electron chi connectivity index (χ1n) is 7.30. The number of amides is 1. The van der Waals surface area contributed by atoms with E-state index in [1.807, 2.05) is 31.2 Å². The predicted molar refractivity (Wildman–Crippen MR) is 83.5 cm³/mol. The first-order valence-corrected chi connectivity index (χ1v) is 7.30. The molecule has 1 amide bonds. The van der Waals surface area contributed by atoms with Crippen LogP contribution >= 0.6 is 0 Å². The molecule has 0 heterocycles. The SMILES string of the molecule is CCCC(NCC(=O)Nc1ccccc1C(C)C)C(=O)O. The zero-order valence-electron chi connectivity index (χ0n) is 12.8. The fraction of sp³-hybridized carbons (Fsp3) is 0.500. The van der Waals surface area contributed by atoms with Gasteiger partial charge in [0.15, 0.2) is 0 Å². The maximum absolute atomic E-state index is 12.0. The quantitative estimate of drug-likeness (QED) is 0.688. The lowest BCUT2D eigenvalue weighted by atomic mass is 10.0. The number of carboxylic acids is 1. The Hall–Kier alpha value is -1.88. The van der Waals surface area contributed by atoms with E-state index in [2.05, 4.69) is 24.5 Å². The molecule has 1 rings (SSSR count). The summed E-state index contributed by atoms with van der Waals surface area (Å²) in [4.78, 5) is 23.0. The van der Waals surface area contributed by atoms with Crippen molar-refractivity contribution in [1.82, 2.24) is 5.32 Å². The lowest BCUT2D eigenvalue weighted by Crippen LogP contribution is -2.41. The van der Waals surface area contributed by atoms with E-state index in [1.54, 1.807) is 0 Å². The highest BCUT2D eigenvalue weighted by Gasteiger charge is 2.17. The van der Waals surface area contributed by atoms with E-state index < -0.39 is 12.0 Å². The highest BCUT2D eigenvalue weighted by molar-refractivity contribution is 5.93. The van der Waals surface area contributed by atoms with Gasteiger partial charge in [-0.1, -0.05) is 45.4 Å². The number of carboxylic acid groups (broad SMARTS) is 1. The molecule has 1 aromatic rings. The molecule has 0 saturated carbocycles. The second-order valence-electron chi connectivity index (χ2n) is 5.35. The Balaban J connectivity index is 2.60. The predicted octanol–water partition coefficient (Wildman–Crippen LogP) is 2.59. The molecule has 0 bridgehead atoms. The van der Waals surface area contributed by atoms with Gasteiger partial charge in [0.05, 0.1) is 6.54 Å². The molecule has 0 spiro atoms. The number of para-hydroxylation sites is 1. The van der Waals surface area contributed by atoms with Crippen molar-refractivity contribution in [2.75, 3.05) is 11.9 Å². The first-order chi connectivity index (χ1) is 9.95. The molecule has 0 aliphatic carbocycles. The summed E-state index contributed by atoms with van der Waals surface area (Å²) < 4.78 is 0. The molecule has 5 heteroatoms. The van der Waals surface area contributed by atoms with E-state index in [0.29, 0.717) is 12.3 Å². The number of anilines is 1. The lowest BCUT2D eigenvalue weighted by molar-refractivity contribution is -0.139. The maximum Gasteiger partial charge on any atom is 0.320 e. The molecule has 0 aliphatic heterocycles. The summed E-state index contributed by atoms with van der Waals surface area (Å²) in [7, 11) is 0. The Bertz CT molecular complexity index is 486. The summed E-state index contributed by atoms with van der Waals surface area (Å²) in [6.45, 7) is 6.02. The average Bonchev–Trinajstić information content (AvgIpc) is 2.43. The highest BCUT2D eigenvalue weighted by Crippen LogP contribution is 2.23. The van der Waals surface area contributed by atoms with E-state index >= 15 is 0 Å². The standard InChI is InChI=1S/C16H24N2O3/c1-4-7-14(16(20)21)17-10-15(19)18-13-9-6-5-8-12(13)11(2)3/h5-6,8-9,11,14,17H,4,7,10H2,1-3H3,(H,18,19)(H,20,21). The van der Waals surface area contributed by atoms with Crippen LogP contribution in [0.1, 0.15) is 45.1 Å². The lowest BCUT2D eigenvalue weighted by Gasteiger charge is -2.16. The zero-order chi connectivity index (χ0) is 15.8. The Morgan fingerprint density at radius 1 is 1.24 bits per heavy atom. The van der Waals surface area contributed by atoms with Gasteiger partial charge in [-0.25, -0.2) is 0 Å². The fourth-order valence-corrected chi connectivity index (χ4v) is 2.13. The van der Waals surface area contributed by atoms with Crippen molar-refractivity contribution < 1.29 is 14.7 Å². The van der Waals surface area contributed by atoms with E-state index in [1.165, 1.54) is 0 Å². The van der Waals surface area contributed by atoms with E-state index in [4.69, 9.17) is 5.11 Å². The third-order valence-corrected chi connectivity index (χ3v) is 3.24. The molecule has 1 unspecified atom stereocenters. The summed E-state index contributed by atoms with van der Waals surface area (Å²) in [6.07, 6.45) is 1.26. The van der Waals surface area contributed by atoms with Gasteiger partial charge in [-0.05, 0) is 24.0 Å². The normalized spacial score (nSPS) is 12.2. The molecular formula is C16H24N2O3. The van der Waals surface area contributed by atoms with E-state index in [0.717, 1.165) is 17.7 Å². The van der Waals surface area contributed by atoms with Crippen molar-refractivity contribution >= 4 is 17.6 Å². The van der Waals surface area contributed by atoms with Gasteiger partial charge in [0.1, 0.15) is 6.04 Å². The van der Waals surface area contributed by atoms with Crippen LogP contribution in [0.25, 0.3) is 0 Å². The van der Waals surface area contributed by atoms with Gasteiger partial charge in [0.2, 0.25) is 5.91 Å². The van der Waals surface area contributed by atoms with Crippen molar-refractivity contribution in [1.29, 1.82) is 0 Å². The number of hydrogen-bond acceptors (Lipinski definition) is 3. The zero-order valence-corrected chi connectivity index (χ0v) is 12.8. The smallest absolute Gasteiger partial charge is 0.320 e. The van der Waals surface area contributed by atoms with Crippen molar-refractivity contribution in [2.45, 2.75) is 45.6 Å². The molecule has 0 radical (unpaired) electrons. The molecule has 0 aromatic heterocycles. The van der Waals surface area contributed by atoms with Gasteiger partial charge >= 0.3 is 5.97 Å². The summed E-state index contributed by atoms with van der Waals surface area (Å²) in [6, 6.07) is 6.96. The summed E-state index contributed by atoms with van der Waals surface area (Å²) in [5.41, 5.74) is 1.84. The Morgan fingerprint density at radius 3 is 2.48 bits per heavy atom.